The predicted molar refractivity (Wildman–Crippen MR) is 66.7 cm³/mol. The van der Waals surface area contributed by atoms with Gasteiger partial charge in [-0.2, -0.15) is 0 Å². The highest BCUT2D eigenvalue weighted by molar-refractivity contribution is 9.11. The van der Waals surface area contributed by atoms with Crippen molar-refractivity contribution in [2.75, 3.05) is 12.4 Å². The van der Waals surface area contributed by atoms with Gasteiger partial charge in [-0.25, -0.2) is 14.2 Å². The Labute approximate surface area is 111 Å². The first kappa shape index (κ1) is 13.0. The second kappa shape index (κ2) is 5.03. The molecule has 96 valence electrons. The fourth-order valence-electron chi connectivity index (χ4n) is 1.51. The summed E-state index contributed by atoms with van der Waals surface area (Å²) < 4.78 is 27.4. The van der Waals surface area contributed by atoms with Crippen LogP contribution in [0, 0.1) is 11.6 Å². The zero-order chi connectivity index (χ0) is 13.3. The van der Waals surface area contributed by atoms with E-state index in [1.54, 1.807) is 18.1 Å². The molecule has 1 unspecified atom stereocenters. The third kappa shape index (κ3) is 2.51. The first-order valence-electron chi connectivity index (χ1n) is 5.11. The van der Waals surface area contributed by atoms with E-state index >= 15 is 0 Å². The van der Waals surface area contributed by atoms with Gasteiger partial charge >= 0.3 is 0 Å². The number of amides is 1. The van der Waals surface area contributed by atoms with Gasteiger partial charge in [-0.15, -0.1) is 0 Å². The Balaban J connectivity index is 2.13. The molecule has 0 aliphatic carbocycles. The van der Waals surface area contributed by atoms with E-state index in [1.807, 2.05) is 0 Å². The number of carbonyl (C=O) groups is 1. The highest BCUT2D eigenvalue weighted by atomic mass is 79.9. The fourth-order valence-corrected chi connectivity index (χ4v) is 1.88. The highest BCUT2D eigenvalue weighted by Gasteiger charge is 2.25. The number of benzene rings is 1. The molecule has 0 saturated carbocycles. The average Bonchev–Trinajstić information content (AvgIpc) is 2.64. The van der Waals surface area contributed by atoms with E-state index in [0.717, 1.165) is 12.1 Å². The number of hydrogen-bond acceptors (Lipinski definition) is 3. The molecule has 1 aliphatic rings. The third-order valence-corrected chi connectivity index (χ3v) is 3.25. The minimum absolute atomic E-state index is 0.441. The summed E-state index contributed by atoms with van der Waals surface area (Å²) in [5.41, 5.74) is 2.36. The van der Waals surface area contributed by atoms with Crippen LogP contribution in [0.1, 0.15) is 0 Å². The lowest BCUT2D eigenvalue weighted by molar-refractivity contribution is -0.117. The van der Waals surface area contributed by atoms with Gasteiger partial charge in [-0.3, -0.25) is 4.79 Å². The first-order chi connectivity index (χ1) is 8.49. The lowest BCUT2D eigenvalue weighted by Crippen LogP contribution is -2.41. The van der Waals surface area contributed by atoms with Crippen LogP contribution in [0.2, 0.25) is 0 Å². The van der Waals surface area contributed by atoms with Crippen LogP contribution in [-0.2, 0) is 4.79 Å². The quantitative estimate of drug-likeness (QED) is 0.820. The summed E-state index contributed by atoms with van der Waals surface area (Å²) in [5.74, 6) is -2.16. The summed E-state index contributed by atoms with van der Waals surface area (Å²) in [7, 11) is 1.71. The normalized spacial score (nSPS) is 18.8. The van der Waals surface area contributed by atoms with Gasteiger partial charge in [0.15, 0.2) is 0 Å². The maximum absolute atomic E-state index is 13.3. The van der Waals surface area contributed by atoms with Crippen LogP contribution in [0.25, 0.3) is 0 Å². The summed E-state index contributed by atoms with van der Waals surface area (Å²) in [4.78, 5) is 11.8. The van der Waals surface area contributed by atoms with Gasteiger partial charge in [0.25, 0.3) is 0 Å². The van der Waals surface area contributed by atoms with Gasteiger partial charge < -0.3 is 10.3 Å². The Bertz CT molecular complexity index is 501. The second-order valence-corrected chi connectivity index (χ2v) is 4.55. The topological polar surface area (TPSA) is 44.4 Å². The number of nitrogens with zero attached hydrogens (tertiary/aromatic N) is 1. The summed E-state index contributed by atoms with van der Waals surface area (Å²) in [5, 5.41) is 3.80. The van der Waals surface area contributed by atoms with Crippen LogP contribution in [0.15, 0.2) is 28.9 Å². The molecule has 0 fully saturated rings. The van der Waals surface area contributed by atoms with E-state index in [4.69, 9.17) is 0 Å². The SMILES string of the molecule is CN1NC(C(=O)Nc2c(F)cccc2F)C=C1Br. The molecule has 0 bridgehead atoms. The Morgan fingerprint density at radius 3 is 2.56 bits per heavy atom. The van der Waals surface area contributed by atoms with E-state index in [0.29, 0.717) is 4.61 Å². The molecule has 1 atom stereocenters. The molecule has 0 spiro atoms. The molecule has 0 radical (unpaired) electrons. The number of halogens is 3. The minimum Gasteiger partial charge on any atom is -0.319 e. The molecule has 0 aromatic heterocycles. The van der Waals surface area contributed by atoms with Gasteiger partial charge in [0, 0.05) is 7.05 Å². The molecule has 1 aliphatic heterocycles. The van der Waals surface area contributed by atoms with Gasteiger partial charge in [0.2, 0.25) is 5.91 Å². The molecule has 2 N–H and O–H groups in total. The van der Waals surface area contributed by atoms with Crippen molar-refractivity contribution in [2.24, 2.45) is 0 Å². The van der Waals surface area contributed by atoms with Crippen LogP contribution in [0.4, 0.5) is 14.5 Å². The molecular formula is C11H10BrF2N3O. The van der Waals surface area contributed by atoms with Crippen molar-refractivity contribution in [2.45, 2.75) is 6.04 Å². The summed E-state index contributed by atoms with van der Waals surface area (Å²) in [6, 6.07) is 2.72. The molecule has 0 saturated heterocycles. The maximum atomic E-state index is 13.3. The van der Waals surface area contributed by atoms with Crippen molar-refractivity contribution >= 4 is 27.5 Å². The summed E-state index contributed by atoms with van der Waals surface area (Å²) >= 11 is 3.22. The summed E-state index contributed by atoms with van der Waals surface area (Å²) in [6.07, 6.45) is 1.59. The number of hydrazine groups is 1. The Hall–Kier alpha value is -1.47. The number of hydrogen-bond donors (Lipinski definition) is 2. The number of para-hydroxylation sites is 1. The lowest BCUT2D eigenvalue weighted by Gasteiger charge is -2.16. The van der Waals surface area contributed by atoms with Gasteiger partial charge in [-0.05, 0) is 34.1 Å². The van der Waals surface area contributed by atoms with E-state index in [9.17, 15) is 13.6 Å². The Morgan fingerprint density at radius 1 is 1.44 bits per heavy atom. The number of carbonyl (C=O) groups excluding carboxylic acids is 1. The number of anilines is 1. The van der Waals surface area contributed by atoms with E-state index < -0.39 is 29.3 Å². The van der Waals surface area contributed by atoms with E-state index in [1.165, 1.54) is 6.07 Å². The number of rotatable bonds is 2. The Morgan fingerprint density at radius 2 is 2.06 bits per heavy atom. The van der Waals surface area contributed by atoms with Gasteiger partial charge in [0.1, 0.15) is 23.4 Å². The van der Waals surface area contributed by atoms with Crippen LogP contribution >= 0.6 is 15.9 Å². The van der Waals surface area contributed by atoms with E-state index in [2.05, 4.69) is 26.7 Å². The monoisotopic (exact) mass is 317 g/mol. The smallest absolute Gasteiger partial charge is 0.247 e. The molecule has 1 amide bonds. The standard InChI is InChI=1S/C11H10BrF2N3O/c1-17-9(12)5-8(16-17)11(18)15-10-6(13)3-2-4-7(10)14/h2-5,8,16H,1H3,(H,15,18). The summed E-state index contributed by atoms with van der Waals surface area (Å²) in [6.45, 7) is 0. The van der Waals surface area contributed by atoms with Crippen molar-refractivity contribution in [3.63, 3.8) is 0 Å². The zero-order valence-electron chi connectivity index (χ0n) is 9.38. The molecular weight excluding hydrogens is 308 g/mol. The maximum Gasteiger partial charge on any atom is 0.247 e. The predicted octanol–water partition coefficient (Wildman–Crippen LogP) is 1.96. The minimum atomic E-state index is -0.808. The third-order valence-electron chi connectivity index (χ3n) is 2.45. The Kier molecular flexibility index (Phi) is 3.63. The molecule has 1 aromatic carbocycles. The second-order valence-electron chi connectivity index (χ2n) is 3.74. The van der Waals surface area contributed by atoms with Gasteiger partial charge in [0.05, 0.1) is 4.61 Å². The first-order valence-corrected chi connectivity index (χ1v) is 5.90. The van der Waals surface area contributed by atoms with Crippen LogP contribution in [0.5, 0.6) is 0 Å². The van der Waals surface area contributed by atoms with Crippen molar-refractivity contribution in [1.82, 2.24) is 10.4 Å². The van der Waals surface area contributed by atoms with Crippen molar-refractivity contribution in [3.05, 3.63) is 40.5 Å². The van der Waals surface area contributed by atoms with Crippen LogP contribution in [-0.4, -0.2) is 24.0 Å². The largest absolute Gasteiger partial charge is 0.319 e. The number of nitrogens with one attached hydrogen (secondary N) is 2. The van der Waals surface area contributed by atoms with Crippen molar-refractivity contribution in [1.29, 1.82) is 0 Å². The molecule has 1 aromatic rings. The van der Waals surface area contributed by atoms with Crippen LogP contribution in [0.3, 0.4) is 0 Å². The van der Waals surface area contributed by atoms with Crippen molar-refractivity contribution in [3.8, 4) is 0 Å². The van der Waals surface area contributed by atoms with Crippen LogP contribution < -0.4 is 10.7 Å². The zero-order valence-corrected chi connectivity index (χ0v) is 11.0. The average molecular weight is 318 g/mol. The van der Waals surface area contributed by atoms with Gasteiger partial charge in [-0.1, -0.05) is 6.07 Å². The molecule has 1 heterocycles. The molecule has 4 nitrogen and oxygen atoms in total. The van der Waals surface area contributed by atoms with Crippen molar-refractivity contribution < 1.29 is 13.6 Å². The lowest BCUT2D eigenvalue weighted by atomic mass is 10.2. The highest BCUT2D eigenvalue weighted by Crippen LogP contribution is 2.20. The fraction of sp³-hybridized carbons (Fsp3) is 0.182. The molecule has 7 heteroatoms. The van der Waals surface area contributed by atoms with E-state index in [-0.39, 0.29) is 0 Å². The molecule has 2 rings (SSSR count). The molecule has 18 heavy (non-hydrogen) atoms.